The maximum absolute atomic E-state index is 12.7. The summed E-state index contributed by atoms with van der Waals surface area (Å²) in [5, 5.41) is 11.2. The van der Waals surface area contributed by atoms with Crippen molar-refractivity contribution >= 4 is 40.7 Å². The summed E-state index contributed by atoms with van der Waals surface area (Å²) < 4.78 is 4.96. The minimum Gasteiger partial charge on any atom is -0.360 e. The predicted molar refractivity (Wildman–Crippen MR) is 131 cm³/mol. The van der Waals surface area contributed by atoms with Gasteiger partial charge in [0.05, 0.1) is 17.0 Å². The fraction of sp³-hybridized carbons (Fsp3) is 0.375. The van der Waals surface area contributed by atoms with E-state index in [1.165, 1.54) is 17.3 Å². The topological polar surface area (TPSA) is 84.2 Å². The molecule has 0 saturated carbocycles. The van der Waals surface area contributed by atoms with Gasteiger partial charge in [0.2, 0.25) is 11.8 Å². The lowest BCUT2D eigenvalue weighted by atomic mass is 9.99. The number of hydrogen-bond donors (Lipinski definition) is 2. The normalized spacial score (nSPS) is 13.0. The van der Waals surface area contributed by atoms with Crippen molar-refractivity contribution in [3.8, 4) is 0 Å². The number of thioether (sulfide) groups is 1. The summed E-state index contributed by atoms with van der Waals surface area (Å²) in [6.45, 7) is 7.93. The van der Waals surface area contributed by atoms with Crippen LogP contribution in [0.15, 0.2) is 52.4 Å². The van der Waals surface area contributed by atoms with Crippen LogP contribution in [0.25, 0.3) is 0 Å². The van der Waals surface area contributed by atoms with Gasteiger partial charge in [0.15, 0.2) is 5.82 Å². The van der Waals surface area contributed by atoms with Gasteiger partial charge in [-0.25, -0.2) is 0 Å². The van der Waals surface area contributed by atoms with Crippen molar-refractivity contribution in [3.63, 3.8) is 0 Å². The van der Waals surface area contributed by atoms with Crippen molar-refractivity contribution in [1.29, 1.82) is 0 Å². The van der Waals surface area contributed by atoms with Gasteiger partial charge < -0.3 is 15.2 Å². The highest BCUT2D eigenvalue weighted by molar-refractivity contribution is 8.01. The molecule has 2 aromatic heterocycles. The van der Waals surface area contributed by atoms with E-state index in [1.54, 1.807) is 31.3 Å². The molecular weight excluding hydrogens is 442 g/mol. The molecule has 0 radical (unpaired) electrons. The molecule has 2 heterocycles. The smallest absolute Gasteiger partial charge is 0.238 e. The molecule has 32 heavy (non-hydrogen) atoms. The average molecular weight is 472 g/mol. The first-order valence-electron chi connectivity index (χ1n) is 10.6. The minimum absolute atomic E-state index is 0.114. The van der Waals surface area contributed by atoms with Crippen LogP contribution in [0.1, 0.15) is 48.6 Å². The molecule has 2 unspecified atom stereocenters. The second kappa shape index (κ2) is 11.3. The number of anilines is 1. The van der Waals surface area contributed by atoms with Crippen LogP contribution in [-0.2, 0) is 16.0 Å². The summed E-state index contributed by atoms with van der Waals surface area (Å²) in [5.41, 5.74) is 2.34. The number of thiophene rings is 1. The van der Waals surface area contributed by atoms with Gasteiger partial charge in [-0.3, -0.25) is 9.59 Å². The lowest BCUT2D eigenvalue weighted by molar-refractivity contribution is -0.119. The Balaban J connectivity index is 1.59. The summed E-state index contributed by atoms with van der Waals surface area (Å²) in [5.74, 6) is 1.45. The number of rotatable bonds is 10. The average Bonchev–Trinajstić information content (AvgIpc) is 3.42. The van der Waals surface area contributed by atoms with Crippen molar-refractivity contribution < 1.29 is 14.1 Å². The molecule has 170 valence electrons. The van der Waals surface area contributed by atoms with E-state index in [0.29, 0.717) is 17.5 Å². The molecule has 0 spiro atoms. The number of hydrogen-bond acceptors (Lipinski definition) is 6. The molecule has 2 N–H and O–H groups in total. The third-order valence-corrected chi connectivity index (χ3v) is 6.88. The fourth-order valence-electron chi connectivity index (χ4n) is 3.22. The van der Waals surface area contributed by atoms with Gasteiger partial charge in [-0.2, -0.15) is 0 Å². The quantitative estimate of drug-likeness (QED) is 0.424. The monoisotopic (exact) mass is 471 g/mol. The van der Waals surface area contributed by atoms with Gasteiger partial charge in [0.25, 0.3) is 0 Å². The molecule has 0 bridgehead atoms. The number of carbonyl (C=O) groups is 2. The molecule has 1 aromatic carbocycles. The third kappa shape index (κ3) is 6.97. The molecule has 8 heteroatoms. The third-order valence-electron chi connectivity index (χ3n) is 4.80. The van der Waals surface area contributed by atoms with Gasteiger partial charge in [0.1, 0.15) is 5.76 Å². The predicted octanol–water partition coefficient (Wildman–Crippen LogP) is 5.21. The highest BCUT2D eigenvalue weighted by Crippen LogP contribution is 2.27. The maximum atomic E-state index is 12.7. The number of nitrogens with one attached hydrogen (secondary N) is 2. The molecule has 2 amide bonds. The van der Waals surface area contributed by atoms with Crippen molar-refractivity contribution in [2.45, 2.75) is 45.4 Å². The Labute approximate surface area is 197 Å². The van der Waals surface area contributed by atoms with E-state index >= 15 is 0 Å². The number of benzene rings is 1. The Bertz CT molecular complexity index is 1010. The van der Waals surface area contributed by atoms with Gasteiger partial charge >= 0.3 is 0 Å². The largest absolute Gasteiger partial charge is 0.360 e. The summed E-state index contributed by atoms with van der Waals surface area (Å²) in [4.78, 5) is 26.1. The van der Waals surface area contributed by atoms with Gasteiger partial charge in [-0.1, -0.05) is 49.3 Å². The number of aromatic nitrogens is 1. The highest BCUT2D eigenvalue weighted by Gasteiger charge is 2.21. The maximum Gasteiger partial charge on any atom is 0.238 e. The lowest BCUT2D eigenvalue weighted by Gasteiger charge is -2.19. The number of amides is 2. The van der Waals surface area contributed by atoms with Crippen LogP contribution in [0.2, 0.25) is 0 Å². The van der Waals surface area contributed by atoms with Crippen LogP contribution in [0, 0.1) is 12.8 Å². The Morgan fingerprint density at radius 3 is 2.50 bits per heavy atom. The van der Waals surface area contributed by atoms with E-state index in [2.05, 4.69) is 53.9 Å². The van der Waals surface area contributed by atoms with Crippen molar-refractivity contribution in [3.05, 3.63) is 69.6 Å². The molecule has 0 aliphatic rings. The van der Waals surface area contributed by atoms with E-state index in [0.717, 1.165) is 16.9 Å². The van der Waals surface area contributed by atoms with Gasteiger partial charge in [-0.15, -0.1) is 23.1 Å². The first-order valence-corrected chi connectivity index (χ1v) is 12.5. The molecule has 3 aromatic rings. The standard InChI is InChI=1S/C24H29N3O3S2/c1-15(2)12-18-7-9-19(10-8-18)23(20-6-5-11-31-20)26-22(28)14-32-17(4)24(29)25-21-13-16(3)30-27-21/h5-11,13,15,17,23H,12,14H2,1-4H3,(H,26,28)(H,25,27,29). The number of carbonyl (C=O) groups excluding carboxylic acids is 2. The minimum atomic E-state index is -0.409. The Hall–Kier alpha value is -2.58. The van der Waals surface area contributed by atoms with Gasteiger partial charge in [-0.05, 0) is 48.8 Å². The van der Waals surface area contributed by atoms with Crippen molar-refractivity contribution in [1.82, 2.24) is 10.5 Å². The molecule has 0 fully saturated rings. The van der Waals surface area contributed by atoms with Crippen molar-refractivity contribution in [2.75, 3.05) is 11.1 Å². The number of aryl methyl sites for hydroxylation is 1. The first-order chi connectivity index (χ1) is 15.3. The second-order valence-electron chi connectivity index (χ2n) is 8.12. The zero-order chi connectivity index (χ0) is 23.1. The molecule has 2 atom stereocenters. The molecule has 6 nitrogen and oxygen atoms in total. The highest BCUT2D eigenvalue weighted by atomic mass is 32.2. The van der Waals surface area contributed by atoms with E-state index in [1.807, 2.05) is 17.5 Å². The molecule has 0 saturated heterocycles. The van der Waals surface area contributed by atoms with E-state index in [9.17, 15) is 9.59 Å². The molecule has 0 aliphatic heterocycles. The first kappa shape index (κ1) is 24.1. The summed E-state index contributed by atoms with van der Waals surface area (Å²) >= 11 is 2.90. The summed E-state index contributed by atoms with van der Waals surface area (Å²) in [6.07, 6.45) is 1.03. The second-order valence-corrected chi connectivity index (χ2v) is 10.4. The summed E-state index contributed by atoms with van der Waals surface area (Å²) in [7, 11) is 0. The Morgan fingerprint density at radius 1 is 1.16 bits per heavy atom. The SMILES string of the molecule is Cc1cc(NC(=O)C(C)SCC(=O)NC(c2ccc(CC(C)C)cc2)c2cccs2)no1. The molecule has 0 aliphatic carbocycles. The zero-order valence-electron chi connectivity index (χ0n) is 18.8. The van der Waals surface area contributed by atoms with E-state index in [4.69, 9.17) is 4.52 Å². The van der Waals surface area contributed by atoms with Crippen LogP contribution in [0.5, 0.6) is 0 Å². The van der Waals surface area contributed by atoms with Crippen LogP contribution in [0.4, 0.5) is 5.82 Å². The van der Waals surface area contributed by atoms with Crippen LogP contribution < -0.4 is 10.6 Å². The van der Waals surface area contributed by atoms with Crippen molar-refractivity contribution in [2.24, 2.45) is 5.92 Å². The Morgan fingerprint density at radius 2 is 1.91 bits per heavy atom. The zero-order valence-corrected chi connectivity index (χ0v) is 20.4. The van der Waals surface area contributed by atoms with Gasteiger partial charge in [0, 0.05) is 10.9 Å². The van der Waals surface area contributed by atoms with Crippen LogP contribution in [0.3, 0.4) is 0 Å². The molecular formula is C24H29N3O3S2. The lowest BCUT2D eigenvalue weighted by Crippen LogP contribution is -2.32. The Kier molecular flexibility index (Phi) is 8.53. The van der Waals surface area contributed by atoms with E-state index in [-0.39, 0.29) is 23.6 Å². The number of nitrogens with zero attached hydrogens (tertiary/aromatic N) is 1. The van der Waals surface area contributed by atoms with Crippen LogP contribution in [-0.4, -0.2) is 28.0 Å². The fourth-order valence-corrected chi connectivity index (χ4v) is 4.72. The molecule has 3 rings (SSSR count). The summed E-state index contributed by atoms with van der Waals surface area (Å²) in [6, 6.07) is 13.9. The van der Waals surface area contributed by atoms with Crippen LogP contribution >= 0.6 is 23.1 Å². The van der Waals surface area contributed by atoms with E-state index < -0.39 is 5.25 Å².